The molecule has 0 fully saturated rings. The Morgan fingerprint density at radius 2 is 1.06 bits per heavy atom. The summed E-state index contributed by atoms with van der Waals surface area (Å²) >= 11 is 1.85. The third-order valence-corrected chi connectivity index (χ3v) is 11.5. The first-order chi connectivity index (χ1) is 25.2. The first-order valence-electron chi connectivity index (χ1n) is 17.4. The molecule has 2 nitrogen and oxygen atoms in total. The third-order valence-electron chi connectivity index (χ3n) is 10.4. The smallest absolute Gasteiger partial charge is 0.0770 e. The number of benzene rings is 8. The highest BCUT2D eigenvalue weighted by Gasteiger charge is 2.17. The molecule has 240 valence electrons. The number of thiophene rings is 1. The average molecular weight is 669 g/mol. The van der Waals surface area contributed by atoms with Gasteiger partial charge in [-0.3, -0.25) is 9.98 Å². The van der Waals surface area contributed by atoms with Gasteiger partial charge < -0.3 is 0 Å². The van der Waals surface area contributed by atoms with Gasteiger partial charge in [-0.1, -0.05) is 109 Å². The molecule has 51 heavy (non-hydrogen) atoms. The summed E-state index contributed by atoms with van der Waals surface area (Å²) in [5.74, 6) is 0. The maximum absolute atomic E-state index is 4.82. The zero-order chi connectivity index (χ0) is 34.1. The van der Waals surface area contributed by atoms with Gasteiger partial charge in [0.1, 0.15) is 0 Å². The van der Waals surface area contributed by atoms with Gasteiger partial charge in [0.25, 0.3) is 0 Å². The molecule has 0 saturated heterocycles. The number of nitrogens with zero attached hydrogens (tertiary/aromatic N) is 2. The molecule has 8 aromatic carbocycles. The largest absolute Gasteiger partial charge is 0.260 e. The van der Waals surface area contributed by atoms with Crippen molar-refractivity contribution in [3.05, 3.63) is 157 Å². The molecular weight excluding hydrogens is 637 g/mol. The second-order valence-corrected chi connectivity index (χ2v) is 14.4. The number of aromatic nitrogens is 1. The van der Waals surface area contributed by atoms with Crippen molar-refractivity contribution in [3.8, 4) is 33.4 Å². The van der Waals surface area contributed by atoms with Crippen molar-refractivity contribution in [2.24, 2.45) is 4.99 Å². The van der Waals surface area contributed by atoms with Crippen LogP contribution in [0.25, 0.3) is 96.8 Å². The summed E-state index contributed by atoms with van der Waals surface area (Å²) in [5, 5.41) is 11.4. The predicted octanol–water partition coefficient (Wildman–Crippen LogP) is 14.1. The molecule has 0 aliphatic heterocycles. The maximum atomic E-state index is 4.82. The maximum Gasteiger partial charge on any atom is 0.0770 e. The fraction of sp³-hybridized carbons (Fsp3) is 0.0417. The van der Waals surface area contributed by atoms with E-state index in [4.69, 9.17) is 9.98 Å². The van der Waals surface area contributed by atoms with E-state index in [9.17, 15) is 0 Å². The molecule has 0 saturated carbocycles. The Bertz CT molecular complexity index is 3020. The van der Waals surface area contributed by atoms with E-state index in [1.54, 1.807) is 0 Å². The van der Waals surface area contributed by atoms with Gasteiger partial charge in [-0.05, 0) is 122 Å². The zero-order valence-corrected chi connectivity index (χ0v) is 29.1. The number of hydrogen-bond acceptors (Lipinski definition) is 3. The fourth-order valence-corrected chi connectivity index (χ4v) is 9.15. The van der Waals surface area contributed by atoms with E-state index in [-0.39, 0.29) is 0 Å². The second-order valence-electron chi connectivity index (χ2n) is 13.3. The van der Waals surface area contributed by atoms with E-state index in [1.165, 1.54) is 85.9 Å². The number of rotatable bonds is 4. The lowest BCUT2D eigenvalue weighted by molar-refractivity contribution is 1.31. The topological polar surface area (TPSA) is 25.2 Å². The minimum absolute atomic E-state index is 0.961. The van der Waals surface area contributed by atoms with Gasteiger partial charge in [0.05, 0.1) is 11.2 Å². The highest BCUT2D eigenvalue weighted by Crippen LogP contribution is 2.45. The molecule has 0 aliphatic rings. The van der Waals surface area contributed by atoms with E-state index < -0.39 is 0 Å². The molecule has 0 spiro atoms. The van der Waals surface area contributed by atoms with Crippen molar-refractivity contribution in [2.75, 3.05) is 0 Å². The van der Waals surface area contributed by atoms with E-state index in [2.05, 4.69) is 153 Å². The van der Waals surface area contributed by atoms with Crippen LogP contribution in [0.15, 0.2) is 157 Å². The minimum atomic E-state index is 0.961. The molecule has 0 radical (unpaired) electrons. The summed E-state index contributed by atoms with van der Waals surface area (Å²) < 4.78 is 2.56. The second kappa shape index (κ2) is 11.7. The van der Waals surface area contributed by atoms with Crippen molar-refractivity contribution >= 4 is 86.6 Å². The van der Waals surface area contributed by atoms with Crippen LogP contribution in [0, 0.1) is 6.92 Å². The molecule has 0 atom stereocenters. The SMILES string of the molecule is CC=Nc1c(C)cnc2cccc(-c3cccc4sc5ccc(-c6cccc(-c7ccc8c9ccccc9c9ccccc9c8c7)c6)cc5c34)c12. The van der Waals surface area contributed by atoms with Crippen molar-refractivity contribution in [1.29, 1.82) is 0 Å². The van der Waals surface area contributed by atoms with E-state index in [0.717, 1.165) is 22.2 Å². The molecule has 0 aliphatic carbocycles. The van der Waals surface area contributed by atoms with Gasteiger partial charge in [0.15, 0.2) is 0 Å². The normalized spacial score (nSPS) is 12.0. The Balaban J connectivity index is 1.14. The monoisotopic (exact) mass is 668 g/mol. The Morgan fingerprint density at radius 1 is 0.490 bits per heavy atom. The first-order valence-corrected chi connectivity index (χ1v) is 18.2. The van der Waals surface area contributed by atoms with Gasteiger partial charge in [-0.15, -0.1) is 11.3 Å². The van der Waals surface area contributed by atoms with Crippen molar-refractivity contribution < 1.29 is 0 Å². The first kappa shape index (κ1) is 29.7. The van der Waals surface area contributed by atoms with Crippen LogP contribution in [0.3, 0.4) is 0 Å². The van der Waals surface area contributed by atoms with Crippen LogP contribution in [-0.2, 0) is 0 Å². The quantitative estimate of drug-likeness (QED) is 0.135. The van der Waals surface area contributed by atoms with Crippen molar-refractivity contribution in [2.45, 2.75) is 13.8 Å². The Hall–Kier alpha value is -6.16. The Kier molecular flexibility index (Phi) is 6.83. The lowest BCUT2D eigenvalue weighted by Gasteiger charge is -2.13. The van der Waals surface area contributed by atoms with Crippen LogP contribution in [0.5, 0.6) is 0 Å². The van der Waals surface area contributed by atoms with Gasteiger partial charge in [0.2, 0.25) is 0 Å². The summed E-state index contributed by atoms with van der Waals surface area (Å²) in [4.78, 5) is 9.62. The molecule has 0 N–H and O–H groups in total. The fourth-order valence-electron chi connectivity index (χ4n) is 8.04. The minimum Gasteiger partial charge on any atom is -0.260 e. The van der Waals surface area contributed by atoms with Crippen LogP contribution in [0.1, 0.15) is 12.5 Å². The summed E-state index contributed by atoms with van der Waals surface area (Å²) in [6.07, 6.45) is 3.80. The number of pyridine rings is 1. The summed E-state index contributed by atoms with van der Waals surface area (Å²) in [6.45, 7) is 4.07. The molecule has 2 aromatic heterocycles. The lowest BCUT2D eigenvalue weighted by atomic mass is 9.91. The van der Waals surface area contributed by atoms with Crippen molar-refractivity contribution in [1.82, 2.24) is 4.98 Å². The number of aryl methyl sites for hydroxylation is 1. The summed E-state index contributed by atoms with van der Waals surface area (Å²) in [7, 11) is 0. The molecule has 0 amide bonds. The highest BCUT2D eigenvalue weighted by atomic mass is 32.1. The molecule has 0 bridgehead atoms. The Morgan fingerprint density at radius 3 is 1.76 bits per heavy atom. The molecule has 10 aromatic rings. The summed E-state index contributed by atoms with van der Waals surface area (Å²) in [5.41, 5.74) is 10.3. The average Bonchev–Trinajstić information content (AvgIpc) is 3.57. The lowest BCUT2D eigenvalue weighted by Crippen LogP contribution is -1.89. The van der Waals surface area contributed by atoms with Crippen LogP contribution < -0.4 is 0 Å². The highest BCUT2D eigenvalue weighted by molar-refractivity contribution is 7.26. The molecular formula is C48H32N2S. The molecule has 2 heterocycles. The standard InChI is InChI=1S/C48H32N2S/c1-3-49-48-29(2)28-50-43-19-9-17-40(47(43)48)39-18-10-20-45-46(39)42-27-33(22-24-44(42)51-45)31-12-8-11-30(25-31)32-21-23-38-36-15-5-4-13-34(36)35-14-6-7-16-37(35)41(38)26-32/h3-28H,1-2H3. The van der Waals surface area contributed by atoms with E-state index >= 15 is 0 Å². The van der Waals surface area contributed by atoms with Crippen LogP contribution >= 0.6 is 11.3 Å². The van der Waals surface area contributed by atoms with Crippen molar-refractivity contribution in [3.63, 3.8) is 0 Å². The number of hydrogen-bond donors (Lipinski definition) is 0. The van der Waals surface area contributed by atoms with Gasteiger partial charge in [-0.25, -0.2) is 0 Å². The molecule has 3 heteroatoms. The zero-order valence-electron chi connectivity index (χ0n) is 28.3. The Labute approximate surface area is 300 Å². The third kappa shape index (κ3) is 4.70. The van der Waals surface area contributed by atoms with Crippen LogP contribution in [0.2, 0.25) is 0 Å². The predicted molar refractivity (Wildman–Crippen MR) is 222 cm³/mol. The van der Waals surface area contributed by atoms with Crippen LogP contribution in [0.4, 0.5) is 5.69 Å². The van der Waals surface area contributed by atoms with Gasteiger partial charge in [0, 0.05) is 38.0 Å². The number of aliphatic imine (C=N–C) groups is 1. The summed E-state index contributed by atoms with van der Waals surface area (Å²) in [6, 6.07) is 53.6. The van der Waals surface area contributed by atoms with Crippen LogP contribution in [-0.4, -0.2) is 11.2 Å². The molecule has 10 rings (SSSR count). The van der Waals surface area contributed by atoms with Gasteiger partial charge >= 0.3 is 0 Å². The van der Waals surface area contributed by atoms with Gasteiger partial charge in [-0.2, -0.15) is 0 Å². The number of fused-ring (bicyclic) bond motifs is 10. The van der Waals surface area contributed by atoms with E-state index in [0.29, 0.717) is 0 Å². The molecule has 0 unspecified atom stereocenters. The van der Waals surface area contributed by atoms with E-state index in [1.807, 2.05) is 30.7 Å².